The SMILES string of the molecule is CCNc1nc(NC(C)CC(C)O)c2cn[nH]c2n1. The van der Waals surface area contributed by atoms with E-state index in [9.17, 15) is 5.11 Å². The fraction of sp³-hybridized carbons (Fsp3) is 0.583. The summed E-state index contributed by atoms with van der Waals surface area (Å²) >= 11 is 0. The normalized spacial score (nSPS) is 14.3. The van der Waals surface area contributed by atoms with Gasteiger partial charge in [-0.15, -0.1) is 0 Å². The van der Waals surface area contributed by atoms with Gasteiger partial charge in [0.15, 0.2) is 5.65 Å². The Hall–Kier alpha value is -1.89. The number of H-pyrrole nitrogens is 1. The minimum Gasteiger partial charge on any atom is -0.393 e. The van der Waals surface area contributed by atoms with Crippen LogP contribution in [0.3, 0.4) is 0 Å². The molecule has 7 nitrogen and oxygen atoms in total. The highest BCUT2D eigenvalue weighted by molar-refractivity contribution is 5.87. The third-order valence-electron chi connectivity index (χ3n) is 2.72. The van der Waals surface area contributed by atoms with Gasteiger partial charge in [0.05, 0.1) is 17.7 Å². The van der Waals surface area contributed by atoms with Crippen LogP contribution in [0.4, 0.5) is 11.8 Å². The minimum atomic E-state index is -0.350. The van der Waals surface area contributed by atoms with E-state index in [1.807, 2.05) is 13.8 Å². The zero-order chi connectivity index (χ0) is 13.8. The molecule has 2 aromatic rings. The number of anilines is 2. The lowest BCUT2D eigenvalue weighted by molar-refractivity contribution is 0.179. The second-order valence-corrected chi connectivity index (χ2v) is 4.69. The first-order valence-corrected chi connectivity index (χ1v) is 6.49. The summed E-state index contributed by atoms with van der Waals surface area (Å²) in [5.41, 5.74) is 0.692. The highest BCUT2D eigenvalue weighted by Gasteiger charge is 2.12. The highest BCUT2D eigenvalue weighted by atomic mass is 16.3. The lowest BCUT2D eigenvalue weighted by Gasteiger charge is -2.17. The Bertz CT molecular complexity index is 538. The van der Waals surface area contributed by atoms with Gasteiger partial charge >= 0.3 is 0 Å². The maximum Gasteiger partial charge on any atom is 0.226 e. The smallest absolute Gasteiger partial charge is 0.226 e. The number of aliphatic hydroxyl groups excluding tert-OH is 1. The summed E-state index contributed by atoms with van der Waals surface area (Å²) in [5, 5.41) is 23.5. The summed E-state index contributed by atoms with van der Waals surface area (Å²) in [5.74, 6) is 1.29. The molecule has 2 atom stereocenters. The molecule has 0 aliphatic heterocycles. The Labute approximate surface area is 111 Å². The van der Waals surface area contributed by atoms with Gasteiger partial charge in [0.25, 0.3) is 0 Å². The number of nitrogens with one attached hydrogen (secondary N) is 3. The predicted molar refractivity (Wildman–Crippen MR) is 75.2 cm³/mol. The third kappa shape index (κ3) is 3.31. The van der Waals surface area contributed by atoms with Crippen molar-refractivity contribution in [2.75, 3.05) is 17.2 Å². The van der Waals surface area contributed by atoms with Crippen molar-refractivity contribution in [2.24, 2.45) is 0 Å². The van der Waals surface area contributed by atoms with Gasteiger partial charge in [-0.1, -0.05) is 0 Å². The number of aromatic amines is 1. The first-order chi connectivity index (χ1) is 9.10. The maximum absolute atomic E-state index is 9.41. The van der Waals surface area contributed by atoms with E-state index < -0.39 is 0 Å². The van der Waals surface area contributed by atoms with Gasteiger partial charge in [-0.2, -0.15) is 15.1 Å². The van der Waals surface area contributed by atoms with Crippen LogP contribution in [0.25, 0.3) is 11.0 Å². The molecule has 0 bridgehead atoms. The van der Waals surface area contributed by atoms with Crippen molar-refractivity contribution in [3.8, 4) is 0 Å². The molecule has 0 saturated carbocycles. The molecule has 0 aromatic carbocycles. The average Bonchev–Trinajstić information content (AvgIpc) is 2.76. The zero-order valence-electron chi connectivity index (χ0n) is 11.4. The Morgan fingerprint density at radius 3 is 2.84 bits per heavy atom. The quantitative estimate of drug-likeness (QED) is 0.628. The summed E-state index contributed by atoms with van der Waals surface area (Å²) < 4.78 is 0. The van der Waals surface area contributed by atoms with E-state index in [0.29, 0.717) is 18.0 Å². The largest absolute Gasteiger partial charge is 0.393 e. The first-order valence-electron chi connectivity index (χ1n) is 6.49. The molecule has 4 N–H and O–H groups in total. The number of aromatic nitrogens is 4. The van der Waals surface area contributed by atoms with Crippen molar-refractivity contribution in [1.29, 1.82) is 0 Å². The molecular weight excluding hydrogens is 244 g/mol. The van der Waals surface area contributed by atoms with Gasteiger partial charge in [0.2, 0.25) is 5.95 Å². The average molecular weight is 264 g/mol. The van der Waals surface area contributed by atoms with Crippen LogP contribution in [0.5, 0.6) is 0 Å². The van der Waals surface area contributed by atoms with Gasteiger partial charge in [-0.25, -0.2) is 0 Å². The second kappa shape index (κ2) is 5.83. The van der Waals surface area contributed by atoms with E-state index in [1.54, 1.807) is 13.1 Å². The van der Waals surface area contributed by atoms with Gasteiger partial charge in [0, 0.05) is 12.6 Å². The molecule has 104 valence electrons. The molecule has 0 amide bonds. The van der Waals surface area contributed by atoms with Crippen LogP contribution in [0.1, 0.15) is 27.2 Å². The molecule has 2 aromatic heterocycles. The molecule has 0 aliphatic rings. The predicted octanol–water partition coefficient (Wildman–Crippen LogP) is 1.36. The van der Waals surface area contributed by atoms with Crippen LogP contribution in [-0.4, -0.2) is 44.0 Å². The van der Waals surface area contributed by atoms with Crippen molar-refractivity contribution in [3.63, 3.8) is 0 Å². The molecule has 0 saturated heterocycles. The van der Waals surface area contributed by atoms with E-state index in [4.69, 9.17) is 0 Å². The summed E-state index contributed by atoms with van der Waals surface area (Å²) in [6.07, 6.45) is 2.00. The van der Waals surface area contributed by atoms with E-state index in [2.05, 4.69) is 30.8 Å². The molecule has 0 spiro atoms. The molecule has 2 heterocycles. The number of rotatable bonds is 6. The molecule has 2 rings (SSSR count). The summed E-state index contributed by atoms with van der Waals surface area (Å²) in [6, 6.07) is 0.113. The summed E-state index contributed by atoms with van der Waals surface area (Å²) in [6.45, 7) is 6.52. The molecule has 2 unspecified atom stereocenters. The highest BCUT2D eigenvalue weighted by Crippen LogP contribution is 2.21. The van der Waals surface area contributed by atoms with Gasteiger partial charge in [-0.05, 0) is 27.2 Å². The number of hydrogen-bond donors (Lipinski definition) is 4. The van der Waals surface area contributed by atoms with Gasteiger partial charge < -0.3 is 15.7 Å². The first kappa shape index (κ1) is 13.5. The van der Waals surface area contributed by atoms with Gasteiger partial charge in [0.1, 0.15) is 5.82 Å². The van der Waals surface area contributed by atoms with E-state index >= 15 is 0 Å². The third-order valence-corrected chi connectivity index (χ3v) is 2.72. The second-order valence-electron chi connectivity index (χ2n) is 4.69. The molecule has 0 fully saturated rings. The Balaban J connectivity index is 2.26. The van der Waals surface area contributed by atoms with Crippen molar-refractivity contribution < 1.29 is 5.11 Å². The fourth-order valence-electron chi connectivity index (χ4n) is 1.99. The van der Waals surface area contributed by atoms with Crippen LogP contribution >= 0.6 is 0 Å². The molecular formula is C12H20N6O. The van der Waals surface area contributed by atoms with Crippen molar-refractivity contribution in [3.05, 3.63) is 6.20 Å². The van der Waals surface area contributed by atoms with Crippen LogP contribution in [0.2, 0.25) is 0 Å². The van der Waals surface area contributed by atoms with Crippen LogP contribution in [0.15, 0.2) is 6.20 Å². The Morgan fingerprint density at radius 2 is 2.16 bits per heavy atom. The topological polar surface area (TPSA) is 98.8 Å². The fourth-order valence-corrected chi connectivity index (χ4v) is 1.99. The Kier molecular flexibility index (Phi) is 4.16. The summed E-state index contributed by atoms with van der Waals surface area (Å²) in [4.78, 5) is 8.76. The van der Waals surface area contributed by atoms with Crippen molar-refractivity contribution >= 4 is 22.8 Å². The van der Waals surface area contributed by atoms with Crippen molar-refractivity contribution in [1.82, 2.24) is 20.2 Å². The summed E-state index contributed by atoms with van der Waals surface area (Å²) in [7, 11) is 0. The monoisotopic (exact) mass is 264 g/mol. The number of nitrogens with zero attached hydrogens (tertiary/aromatic N) is 3. The number of hydrogen-bond acceptors (Lipinski definition) is 6. The molecule has 0 aliphatic carbocycles. The van der Waals surface area contributed by atoms with E-state index in [-0.39, 0.29) is 12.1 Å². The van der Waals surface area contributed by atoms with Crippen LogP contribution < -0.4 is 10.6 Å². The molecule has 19 heavy (non-hydrogen) atoms. The van der Waals surface area contributed by atoms with Crippen LogP contribution in [-0.2, 0) is 0 Å². The zero-order valence-corrected chi connectivity index (χ0v) is 11.4. The van der Waals surface area contributed by atoms with Crippen molar-refractivity contribution in [2.45, 2.75) is 39.3 Å². The maximum atomic E-state index is 9.41. The van der Waals surface area contributed by atoms with E-state index in [1.165, 1.54) is 0 Å². The van der Waals surface area contributed by atoms with E-state index in [0.717, 1.165) is 17.7 Å². The van der Waals surface area contributed by atoms with Gasteiger partial charge in [-0.3, -0.25) is 5.10 Å². The standard InChI is InChI=1S/C12H20N6O/c1-4-13-12-16-10(15-7(2)5-8(3)19)9-6-14-18-11(9)17-12/h6-8,19H,4-5H2,1-3H3,(H3,13,14,15,16,17,18). The molecule has 7 heteroatoms. The lowest BCUT2D eigenvalue weighted by Crippen LogP contribution is -2.21. The van der Waals surface area contributed by atoms with Crippen LogP contribution in [0, 0.1) is 0 Å². The molecule has 0 radical (unpaired) electrons. The number of fused-ring (bicyclic) bond motifs is 1. The number of aliphatic hydroxyl groups is 1. The Morgan fingerprint density at radius 1 is 1.37 bits per heavy atom. The minimum absolute atomic E-state index is 0.113. The lowest BCUT2D eigenvalue weighted by atomic mass is 10.1.